The van der Waals surface area contributed by atoms with Gasteiger partial charge in [0.05, 0.1) is 0 Å². The van der Waals surface area contributed by atoms with E-state index >= 15 is 0 Å². The number of hydrogen-bond donors (Lipinski definition) is 0. The van der Waals surface area contributed by atoms with Crippen LogP contribution in [0.4, 0.5) is 0 Å². The van der Waals surface area contributed by atoms with Gasteiger partial charge < -0.3 is 0 Å². The SMILES string of the molecule is S=c1c2ccccc2[se]n1-c1ccc(Cl)cn1. The van der Waals surface area contributed by atoms with Gasteiger partial charge in [-0.25, -0.2) is 0 Å². The third kappa shape index (κ3) is 1.98. The zero-order chi connectivity index (χ0) is 11.8. The number of benzene rings is 1. The van der Waals surface area contributed by atoms with E-state index in [1.54, 1.807) is 6.20 Å². The monoisotopic (exact) mass is 326 g/mol. The molecule has 0 spiro atoms. The molecule has 1 aromatic carbocycles. The Morgan fingerprint density at radius 1 is 1.18 bits per heavy atom. The first kappa shape index (κ1) is 11.2. The summed E-state index contributed by atoms with van der Waals surface area (Å²) in [6.45, 7) is 0. The summed E-state index contributed by atoms with van der Waals surface area (Å²) in [5.74, 6) is 0.871. The molecular weight excluding hydrogens is 319 g/mol. The number of halogens is 1. The first-order chi connectivity index (χ1) is 8.25. The minimum absolute atomic E-state index is 0.175. The number of fused-ring (bicyclic) bond motifs is 1. The summed E-state index contributed by atoms with van der Waals surface area (Å²) >= 11 is 11.5. The van der Waals surface area contributed by atoms with Crippen molar-refractivity contribution in [3.05, 3.63) is 52.3 Å². The molecule has 0 aliphatic carbocycles. The Morgan fingerprint density at radius 3 is 2.71 bits per heavy atom. The van der Waals surface area contributed by atoms with Gasteiger partial charge in [0, 0.05) is 0 Å². The molecule has 84 valence electrons. The van der Waals surface area contributed by atoms with Crippen LogP contribution in [0.3, 0.4) is 0 Å². The zero-order valence-electron chi connectivity index (χ0n) is 8.63. The van der Waals surface area contributed by atoms with E-state index in [9.17, 15) is 0 Å². The van der Waals surface area contributed by atoms with Crippen LogP contribution in [0.5, 0.6) is 0 Å². The van der Waals surface area contributed by atoms with E-state index in [2.05, 4.69) is 20.7 Å². The average molecular weight is 326 g/mol. The molecule has 5 heteroatoms. The van der Waals surface area contributed by atoms with Crippen LogP contribution in [0.25, 0.3) is 15.5 Å². The third-order valence-electron chi connectivity index (χ3n) is 2.41. The van der Waals surface area contributed by atoms with Crippen molar-refractivity contribution in [2.75, 3.05) is 0 Å². The fourth-order valence-electron chi connectivity index (χ4n) is 1.61. The molecule has 0 saturated carbocycles. The second kappa shape index (κ2) is 4.39. The molecule has 0 N–H and O–H groups in total. The van der Waals surface area contributed by atoms with Crippen molar-refractivity contribution < 1.29 is 0 Å². The zero-order valence-corrected chi connectivity index (χ0v) is 11.9. The molecule has 0 fully saturated rings. The van der Waals surface area contributed by atoms with E-state index in [-0.39, 0.29) is 14.7 Å². The average Bonchev–Trinajstić information content (AvgIpc) is 2.69. The van der Waals surface area contributed by atoms with Crippen molar-refractivity contribution in [1.82, 2.24) is 8.55 Å². The van der Waals surface area contributed by atoms with Gasteiger partial charge in [-0.3, -0.25) is 0 Å². The maximum atomic E-state index is 5.84. The first-order valence-electron chi connectivity index (χ1n) is 4.99. The van der Waals surface area contributed by atoms with Crippen molar-refractivity contribution >= 4 is 48.2 Å². The van der Waals surface area contributed by atoms with Gasteiger partial charge >= 0.3 is 115 Å². The molecule has 2 nitrogen and oxygen atoms in total. The molecule has 2 heterocycles. The second-order valence-corrected chi connectivity index (χ2v) is 6.42. The molecule has 0 saturated heterocycles. The van der Waals surface area contributed by atoms with Crippen molar-refractivity contribution in [3.8, 4) is 5.82 Å². The van der Waals surface area contributed by atoms with E-state index in [4.69, 9.17) is 23.8 Å². The number of rotatable bonds is 1. The van der Waals surface area contributed by atoms with Gasteiger partial charge in [0.1, 0.15) is 0 Å². The van der Waals surface area contributed by atoms with E-state index in [0.717, 1.165) is 15.8 Å². The van der Waals surface area contributed by atoms with Crippen LogP contribution in [-0.2, 0) is 0 Å². The molecule has 0 amide bonds. The van der Waals surface area contributed by atoms with Crippen LogP contribution in [0, 0.1) is 4.64 Å². The van der Waals surface area contributed by atoms with Crippen LogP contribution >= 0.6 is 23.8 Å². The molecule has 0 radical (unpaired) electrons. The van der Waals surface area contributed by atoms with Gasteiger partial charge in [0.2, 0.25) is 0 Å². The van der Waals surface area contributed by atoms with Crippen LogP contribution in [0.2, 0.25) is 5.02 Å². The number of hydrogen-bond acceptors (Lipinski definition) is 2. The minimum atomic E-state index is 0.175. The molecule has 3 aromatic rings. The third-order valence-corrected chi connectivity index (χ3v) is 5.62. The number of pyridine rings is 1. The first-order valence-corrected chi connectivity index (χ1v) is 7.39. The summed E-state index contributed by atoms with van der Waals surface area (Å²) in [6, 6.07) is 12.0. The topological polar surface area (TPSA) is 17.8 Å². The van der Waals surface area contributed by atoms with Gasteiger partial charge in [-0.15, -0.1) is 0 Å². The predicted octanol–water partition coefficient (Wildman–Crippen LogP) is 3.47. The Labute approximate surface area is 114 Å². The van der Waals surface area contributed by atoms with Crippen molar-refractivity contribution in [1.29, 1.82) is 0 Å². The molecule has 3 rings (SSSR count). The van der Waals surface area contributed by atoms with Crippen LogP contribution in [0.1, 0.15) is 0 Å². The van der Waals surface area contributed by atoms with Crippen LogP contribution in [0.15, 0.2) is 42.6 Å². The van der Waals surface area contributed by atoms with Gasteiger partial charge in [-0.05, 0) is 0 Å². The molecule has 0 aliphatic heterocycles. The van der Waals surface area contributed by atoms with Gasteiger partial charge in [0.15, 0.2) is 0 Å². The number of nitrogens with zero attached hydrogens (tertiary/aromatic N) is 2. The fourth-order valence-corrected chi connectivity index (χ4v) is 4.39. The van der Waals surface area contributed by atoms with Gasteiger partial charge in [-0.2, -0.15) is 0 Å². The molecular formula is C12H7ClN2SSe. The molecule has 2 aromatic heterocycles. The normalized spacial score (nSPS) is 10.9. The summed E-state index contributed by atoms with van der Waals surface area (Å²) in [5, 5.41) is 1.79. The van der Waals surface area contributed by atoms with E-state index in [1.165, 1.54) is 4.26 Å². The Bertz CT molecular complexity index is 730. The van der Waals surface area contributed by atoms with Crippen LogP contribution in [-0.4, -0.2) is 23.3 Å². The Morgan fingerprint density at radius 2 is 2.00 bits per heavy atom. The summed E-state index contributed by atoms with van der Waals surface area (Å²) < 4.78 is 4.25. The Kier molecular flexibility index (Phi) is 2.89. The molecule has 0 bridgehead atoms. The fraction of sp³-hybridized carbons (Fsp3) is 0. The van der Waals surface area contributed by atoms with E-state index in [1.807, 2.05) is 24.3 Å². The van der Waals surface area contributed by atoms with Crippen molar-refractivity contribution in [2.24, 2.45) is 0 Å². The summed E-state index contributed by atoms with van der Waals surface area (Å²) in [4.78, 5) is 4.32. The van der Waals surface area contributed by atoms with Crippen molar-refractivity contribution in [3.63, 3.8) is 0 Å². The number of aromatic nitrogens is 2. The van der Waals surface area contributed by atoms with Crippen molar-refractivity contribution in [2.45, 2.75) is 0 Å². The molecule has 17 heavy (non-hydrogen) atoms. The van der Waals surface area contributed by atoms with Gasteiger partial charge in [0.25, 0.3) is 0 Å². The Hall–Kier alpha value is -0.931. The standard InChI is InChI=1S/C12H7ClN2SSe/c13-8-5-6-11(14-7-8)15-12(16)9-3-1-2-4-10(9)17-15/h1-7H. The van der Waals surface area contributed by atoms with E-state index in [0.29, 0.717) is 5.02 Å². The van der Waals surface area contributed by atoms with E-state index < -0.39 is 0 Å². The predicted molar refractivity (Wildman–Crippen MR) is 73.9 cm³/mol. The van der Waals surface area contributed by atoms with Gasteiger partial charge in [-0.1, -0.05) is 0 Å². The summed E-state index contributed by atoms with van der Waals surface area (Å²) in [7, 11) is 0. The second-order valence-electron chi connectivity index (χ2n) is 3.52. The molecule has 0 unspecified atom stereocenters. The Balaban J connectivity index is 2.27. The summed E-state index contributed by atoms with van der Waals surface area (Å²) in [6.07, 6.45) is 1.65. The quantitative estimate of drug-likeness (QED) is 0.504. The molecule has 0 aliphatic rings. The maximum absolute atomic E-state index is 5.84. The van der Waals surface area contributed by atoms with Crippen LogP contribution < -0.4 is 0 Å². The summed E-state index contributed by atoms with van der Waals surface area (Å²) in [5.41, 5.74) is 0. The molecule has 0 atom stereocenters.